The Morgan fingerprint density at radius 3 is 2.45 bits per heavy atom. The molecule has 10 heteroatoms. The Hall–Kier alpha value is -3.11. The second kappa shape index (κ2) is 8.50. The van der Waals surface area contributed by atoms with Gasteiger partial charge in [-0.1, -0.05) is 0 Å². The number of benzene rings is 2. The number of methoxy groups -OCH3 is 1. The smallest absolute Gasteiger partial charge is 0.348 e. The lowest BCUT2D eigenvalue weighted by Crippen LogP contribution is -2.24. The third-order valence-corrected chi connectivity index (χ3v) is 6.43. The van der Waals surface area contributed by atoms with E-state index < -0.39 is 16.0 Å². The van der Waals surface area contributed by atoms with Gasteiger partial charge < -0.3 is 14.8 Å². The molecule has 2 aromatic carbocycles. The molecule has 8 nitrogen and oxygen atoms in total. The van der Waals surface area contributed by atoms with Crippen LogP contribution in [-0.4, -0.2) is 41.1 Å². The Balaban J connectivity index is 1.76. The molecule has 152 valence electrons. The summed E-state index contributed by atoms with van der Waals surface area (Å²) < 4.78 is 38.6. The summed E-state index contributed by atoms with van der Waals surface area (Å²) in [6, 6.07) is 12.4. The zero-order chi connectivity index (χ0) is 21.0. The quantitative estimate of drug-likeness (QED) is 0.553. The Bertz CT molecular complexity index is 1150. The third kappa shape index (κ3) is 4.84. The normalized spacial score (nSPS) is 11.1. The summed E-state index contributed by atoms with van der Waals surface area (Å²) in [6.07, 6.45) is 0. The molecule has 0 atom stereocenters. The zero-order valence-electron chi connectivity index (χ0n) is 15.6. The molecule has 0 aliphatic carbocycles. The van der Waals surface area contributed by atoms with Crippen molar-refractivity contribution in [3.05, 3.63) is 53.4 Å². The predicted octanol–water partition coefficient (Wildman–Crippen LogP) is 2.61. The number of anilines is 1. The Kier molecular flexibility index (Phi) is 6.04. The van der Waals surface area contributed by atoms with Gasteiger partial charge in [-0.2, -0.15) is 0 Å². The van der Waals surface area contributed by atoms with Crippen molar-refractivity contribution in [2.75, 3.05) is 25.5 Å². The number of carbonyl (C=O) groups excluding carboxylic acids is 2. The van der Waals surface area contributed by atoms with Gasteiger partial charge in [0.2, 0.25) is 0 Å². The van der Waals surface area contributed by atoms with Gasteiger partial charge in [0.15, 0.2) is 6.61 Å². The topological polar surface area (TPSA) is 111 Å². The number of hydrogen-bond donors (Lipinski definition) is 2. The van der Waals surface area contributed by atoms with Crippen LogP contribution in [0.1, 0.15) is 9.67 Å². The van der Waals surface area contributed by atoms with Gasteiger partial charge in [-0.15, -0.1) is 11.3 Å². The standard InChI is InChI=1S/C19H18N2O6S2/c1-20-18(22)11-27-14-4-6-15(7-5-14)29(24,25)21-13-3-8-16-12(9-13)10-17(28-16)19(23)26-2/h3-10,21H,11H2,1-2H3,(H,20,22). The Morgan fingerprint density at radius 2 is 1.79 bits per heavy atom. The maximum Gasteiger partial charge on any atom is 0.348 e. The molecule has 0 bridgehead atoms. The van der Waals surface area contributed by atoms with Gasteiger partial charge in [0.05, 0.1) is 12.0 Å². The number of amides is 1. The molecule has 1 amide bonds. The fraction of sp³-hybridized carbons (Fsp3) is 0.158. The van der Waals surface area contributed by atoms with Crippen molar-refractivity contribution in [3.8, 4) is 5.75 Å². The first kappa shape index (κ1) is 20.6. The molecule has 1 aromatic heterocycles. The maximum absolute atomic E-state index is 12.6. The molecule has 0 aliphatic heterocycles. The minimum absolute atomic E-state index is 0.0467. The van der Waals surface area contributed by atoms with Crippen LogP contribution in [0.15, 0.2) is 53.4 Å². The van der Waals surface area contributed by atoms with Crippen molar-refractivity contribution < 1.29 is 27.5 Å². The monoisotopic (exact) mass is 434 g/mol. The lowest BCUT2D eigenvalue weighted by Gasteiger charge is -2.09. The van der Waals surface area contributed by atoms with E-state index in [2.05, 4.69) is 10.0 Å². The average molecular weight is 434 g/mol. The van der Waals surface area contributed by atoms with E-state index in [0.29, 0.717) is 16.3 Å². The zero-order valence-corrected chi connectivity index (χ0v) is 17.2. The molecule has 0 saturated carbocycles. The number of ether oxygens (including phenoxy) is 2. The highest BCUT2D eigenvalue weighted by Crippen LogP contribution is 2.29. The molecule has 2 N–H and O–H groups in total. The number of nitrogens with one attached hydrogen (secondary N) is 2. The summed E-state index contributed by atoms with van der Waals surface area (Å²) in [5.74, 6) is -0.350. The molecular formula is C19H18N2O6S2. The first-order chi connectivity index (χ1) is 13.8. The summed E-state index contributed by atoms with van der Waals surface area (Å²) in [7, 11) is -1.02. The van der Waals surface area contributed by atoms with Crippen molar-refractivity contribution in [3.63, 3.8) is 0 Å². The van der Waals surface area contributed by atoms with Crippen LogP contribution >= 0.6 is 11.3 Å². The minimum atomic E-state index is -3.82. The number of rotatable bonds is 7. The van der Waals surface area contributed by atoms with Gasteiger partial charge >= 0.3 is 5.97 Å². The van der Waals surface area contributed by atoms with Crippen LogP contribution < -0.4 is 14.8 Å². The molecule has 3 aromatic rings. The van der Waals surface area contributed by atoms with E-state index >= 15 is 0 Å². The number of sulfonamides is 1. The van der Waals surface area contributed by atoms with Gasteiger partial charge in [0, 0.05) is 17.4 Å². The minimum Gasteiger partial charge on any atom is -0.484 e. The number of likely N-dealkylation sites (N-methyl/N-ethyl adjacent to an activating group) is 1. The second-order valence-electron chi connectivity index (χ2n) is 5.89. The number of carbonyl (C=O) groups is 2. The van der Waals surface area contributed by atoms with Crippen molar-refractivity contribution >= 4 is 49.0 Å². The molecular weight excluding hydrogens is 416 g/mol. The van der Waals surface area contributed by atoms with Crippen LogP contribution in [-0.2, 0) is 19.6 Å². The average Bonchev–Trinajstić information content (AvgIpc) is 3.14. The van der Waals surface area contributed by atoms with E-state index in [-0.39, 0.29) is 17.4 Å². The highest BCUT2D eigenvalue weighted by Gasteiger charge is 2.16. The second-order valence-corrected chi connectivity index (χ2v) is 8.66. The van der Waals surface area contributed by atoms with E-state index in [0.717, 1.165) is 10.1 Å². The molecule has 0 fully saturated rings. The third-order valence-electron chi connectivity index (χ3n) is 3.94. The van der Waals surface area contributed by atoms with E-state index in [1.165, 1.54) is 49.8 Å². The molecule has 0 unspecified atom stereocenters. The lowest BCUT2D eigenvalue weighted by molar-refractivity contribution is -0.122. The summed E-state index contributed by atoms with van der Waals surface area (Å²) in [4.78, 5) is 23.3. The number of hydrogen-bond acceptors (Lipinski definition) is 7. The molecule has 0 spiro atoms. The molecule has 1 heterocycles. The molecule has 29 heavy (non-hydrogen) atoms. The molecule has 0 saturated heterocycles. The summed E-state index contributed by atoms with van der Waals surface area (Å²) in [5, 5.41) is 3.16. The van der Waals surface area contributed by atoms with Crippen LogP contribution in [0.2, 0.25) is 0 Å². The lowest BCUT2D eigenvalue weighted by atomic mass is 10.2. The van der Waals surface area contributed by atoms with Crippen LogP contribution in [0.3, 0.4) is 0 Å². The molecule has 0 radical (unpaired) electrons. The van der Waals surface area contributed by atoms with Crippen molar-refractivity contribution in [1.29, 1.82) is 0 Å². The largest absolute Gasteiger partial charge is 0.484 e. The highest BCUT2D eigenvalue weighted by molar-refractivity contribution is 7.92. The van der Waals surface area contributed by atoms with Gasteiger partial charge in [-0.05, 0) is 53.9 Å². The van der Waals surface area contributed by atoms with Gasteiger partial charge in [-0.3, -0.25) is 9.52 Å². The number of esters is 1. The van der Waals surface area contributed by atoms with Crippen LogP contribution in [0.4, 0.5) is 5.69 Å². The van der Waals surface area contributed by atoms with E-state index in [1.807, 2.05) is 0 Å². The number of fused-ring (bicyclic) bond motifs is 1. The van der Waals surface area contributed by atoms with Crippen molar-refractivity contribution in [1.82, 2.24) is 5.32 Å². The SMILES string of the molecule is CNC(=O)COc1ccc(S(=O)(=O)Nc2ccc3sc(C(=O)OC)cc3c2)cc1. The van der Waals surface area contributed by atoms with E-state index in [4.69, 9.17) is 9.47 Å². The van der Waals surface area contributed by atoms with E-state index in [1.54, 1.807) is 24.3 Å². The van der Waals surface area contributed by atoms with Crippen molar-refractivity contribution in [2.45, 2.75) is 4.90 Å². The molecule has 3 rings (SSSR count). The summed E-state index contributed by atoms with van der Waals surface area (Å²) in [5.41, 5.74) is 0.367. The Morgan fingerprint density at radius 1 is 1.07 bits per heavy atom. The summed E-state index contributed by atoms with van der Waals surface area (Å²) >= 11 is 1.27. The van der Waals surface area contributed by atoms with Crippen LogP contribution in [0.5, 0.6) is 5.75 Å². The highest BCUT2D eigenvalue weighted by atomic mass is 32.2. The van der Waals surface area contributed by atoms with Crippen molar-refractivity contribution in [2.24, 2.45) is 0 Å². The summed E-state index contributed by atoms with van der Waals surface area (Å²) in [6.45, 7) is -0.158. The van der Waals surface area contributed by atoms with Gasteiger partial charge in [-0.25, -0.2) is 13.2 Å². The fourth-order valence-corrected chi connectivity index (χ4v) is 4.47. The molecule has 0 aliphatic rings. The maximum atomic E-state index is 12.6. The van der Waals surface area contributed by atoms with Gasteiger partial charge in [0.25, 0.3) is 15.9 Å². The van der Waals surface area contributed by atoms with Crippen LogP contribution in [0.25, 0.3) is 10.1 Å². The number of thiophene rings is 1. The van der Waals surface area contributed by atoms with E-state index in [9.17, 15) is 18.0 Å². The Labute approximate surface area is 171 Å². The van der Waals surface area contributed by atoms with Gasteiger partial charge in [0.1, 0.15) is 10.6 Å². The van der Waals surface area contributed by atoms with Crippen LogP contribution in [0, 0.1) is 0 Å². The first-order valence-electron chi connectivity index (χ1n) is 8.40. The fourth-order valence-electron chi connectivity index (χ4n) is 2.46. The first-order valence-corrected chi connectivity index (χ1v) is 10.7. The predicted molar refractivity (Wildman–Crippen MR) is 110 cm³/mol.